The van der Waals surface area contributed by atoms with Crippen LogP contribution in [-0.2, 0) is 0 Å². The Morgan fingerprint density at radius 1 is 1.06 bits per heavy atom. The van der Waals surface area contributed by atoms with Gasteiger partial charge in [-0.15, -0.1) is 0 Å². The van der Waals surface area contributed by atoms with Crippen LogP contribution >= 0.6 is 0 Å². The molecule has 5 rings (SSSR count). The first-order chi connectivity index (χ1) is 15.0. The predicted octanol–water partition coefficient (Wildman–Crippen LogP) is 1.49. The molecule has 0 spiro atoms. The smallest absolute Gasteiger partial charge is 0.273 e. The molecule has 3 aromatic rings. The van der Waals surface area contributed by atoms with Crippen molar-refractivity contribution in [3.8, 4) is 17.0 Å². The Balaban J connectivity index is 1.34. The number of fused-ring (bicyclic) bond motifs is 1. The number of aryl methyl sites for hydroxylation is 2. The maximum absolute atomic E-state index is 13.4. The van der Waals surface area contributed by atoms with Gasteiger partial charge in [0.05, 0.1) is 19.5 Å². The largest absolute Gasteiger partial charge is 0.495 e. The van der Waals surface area contributed by atoms with Crippen molar-refractivity contribution in [3.05, 3.63) is 41.6 Å². The molecule has 1 amide bonds. The van der Waals surface area contributed by atoms with Crippen LogP contribution in [0.1, 0.15) is 21.9 Å². The van der Waals surface area contributed by atoms with Gasteiger partial charge in [-0.3, -0.25) is 4.79 Å². The number of aromatic amines is 1. The van der Waals surface area contributed by atoms with Crippen molar-refractivity contribution in [1.29, 1.82) is 0 Å². The fourth-order valence-electron chi connectivity index (χ4n) is 4.58. The summed E-state index contributed by atoms with van der Waals surface area (Å²) in [6.45, 7) is 7.06. The van der Waals surface area contributed by atoms with Crippen molar-refractivity contribution in [2.75, 3.05) is 38.2 Å². The summed E-state index contributed by atoms with van der Waals surface area (Å²) in [5, 5.41) is 10.6. The number of anilines is 1. The van der Waals surface area contributed by atoms with Gasteiger partial charge in [0.15, 0.2) is 0 Å². The lowest BCUT2D eigenvalue weighted by Gasteiger charge is -2.22. The number of ether oxygens (including phenoxy) is 1. The van der Waals surface area contributed by atoms with E-state index in [0.29, 0.717) is 47.6 Å². The Bertz CT molecular complexity index is 1080. The molecule has 160 valence electrons. The van der Waals surface area contributed by atoms with Gasteiger partial charge < -0.3 is 14.5 Å². The molecule has 2 aliphatic heterocycles. The van der Waals surface area contributed by atoms with Gasteiger partial charge in [-0.1, -0.05) is 0 Å². The highest BCUT2D eigenvalue weighted by Crippen LogP contribution is 2.34. The molecule has 2 aliphatic rings. The van der Waals surface area contributed by atoms with Crippen molar-refractivity contribution < 1.29 is 9.53 Å². The van der Waals surface area contributed by atoms with Crippen LogP contribution in [0.3, 0.4) is 0 Å². The number of hydrogen-bond donors (Lipinski definition) is 1. The zero-order valence-corrected chi connectivity index (χ0v) is 17.7. The van der Waals surface area contributed by atoms with Crippen LogP contribution in [-0.4, -0.2) is 74.5 Å². The summed E-state index contributed by atoms with van der Waals surface area (Å²) in [5.74, 6) is 2.04. The number of H-pyrrole nitrogens is 1. The maximum atomic E-state index is 13.4. The van der Waals surface area contributed by atoms with E-state index in [1.807, 2.05) is 24.8 Å². The molecule has 0 saturated carbocycles. The van der Waals surface area contributed by atoms with Crippen molar-refractivity contribution in [1.82, 2.24) is 35.3 Å². The molecule has 2 fully saturated rings. The average molecular weight is 420 g/mol. The van der Waals surface area contributed by atoms with Gasteiger partial charge in [0.2, 0.25) is 5.95 Å². The maximum Gasteiger partial charge on any atom is 0.273 e. The quantitative estimate of drug-likeness (QED) is 0.675. The van der Waals surface area contributed by atoms with Gasteiger partial charge in [0.25, 0.3) is 5.91 Å². The highest BCUT2D eigenvalue weighted by molar-refractivity contribution is 5.98. The van der Waals surface area contributed by atoms with Crippen LogP contribution in [0.2, 0.25) is 0 Å². The van der Waals surface area contributed by atoms with E-state index in [0.717, 1.165) is 30.4 Å². The van der Waals surface area contributed by atoms with Crippen molar-refractivity contribution in [2.24, 2.45) is 11.8 Å². The molecule has 2 unspecified atom stereocenters. The molecule has 10 heteroatoms. The molecular formula is C21H24N8O2. The molecule has 2 atom stereocenters. The molecule has 5 heterocycles. The zero-order chi connectivity index (χ0) is 21.5. The fourth-order valence-corrected chi connectivity index (χ4v) is 4.58. The molecule has 3 aromatic heterocycles. The highest BCUT2D eigenvalue weighted by Gasteiger charge is 2.43. The van der Waals surface area contributed by atoms with Gasteiger partial charge >= 0.3 is 0 Å². The van der Waals surface area contributed by atoms with Crippen LogP contribution in [0.25, 0.3) is 11.3 Å². The SMILES string of the molecule is COc1cnc(C(=O)N2CC3CN(c4nc(C)cc(C)n4)CC3C2)c(-c2cn[nH]n2)c1. The lowest BCUT2D eigenvalue weighted by molar-refractivity contribution is 0.0777. The normalized spacial score (nSPS) is 20.2. The van der Waals surface area contributed by atoms with E-state index < -0.39 is 0 Å². The Morgan fingerprint density at radius 2 is 1.77 bits per heavy atom. The second-order valence-electron chi connectivity index (χ2n) is 8.21. The number of aromatic nitrogens is 6. The van der Waals surface area contributed by atoms with Crippen LogP contribution < -0.4 is 9.64 Å². The lowest BCUT2D eigenvalue weighted by Crippen LogP contribution is -2.34. The predicted molar refractivity (Wildman–Crippen MR) is 113 cm³/mol. The zero-order valence-electron chi connectivity index (χ0n) is 17.7. The van der Waals surface area contributed by atoms with E-state index in [-0.39, 0.29) is 5.91 Å². The summed E-state index contributed by atoms with van der Waals surface area (Å²) in [6, 6.07) is 3.75. The number of nitrogens with one attached hydrogen (secondary N) is 1. The van der Waals surface area contributed by atoms with E-state index in [4.69, 9.17) is 4.74 Å². The van der Waals surface area contributed by atoms with Gasteiger partial charge in [0.1, 0.15) is 17.1 Å². The number of carbonyl (C=O) groups excluding carboxylic acids is 1. The minimum Gasteiger partial charge on any atom is -0.495 e. The monoisotopic (exact) mass is 420 g/mol. The number of pyridine rings is 1. The van der Waals surface area contributed by atoms with Gasteiger partial charge in [-0.05, 0) is 26.0 Å². The van der Waals surface area contributed by atoms with Gasteiger partial charge in [0, 0.05) is 55.0 Å². The Labute approximate surface area is 179 Å². The summed E-state index contributed by atoms with van der Waals surface area (Å²) in [7, 11) is 1.57. The average Bonchev–Trinajstić information content (AvgIpc) is 3.48. The third kappa shape index (κ3) is 3.58. The first kappa shape index (κ1) is 19.4. The van der Waals surface area contributed by atoms with E-state index in [1.165, 1.54) is 0 Å². The van der Waals surface area contributed by atoms with E-state index >= 15 is 0 Å². The molecule has 1 N–H and O–H groups in total. The summed E-state index contributed by atoms with van der Waals surface area (Å²) in [5.41, 5.74) is 3.49. The number of carbonyl (C=O) groups is 1. The summed E-state index contributed by atoms with van der Waals surface area (Å²) >= 11 is 0. The lowest BCUT2D eigenvalue weighted by atomic mass is 10.0. The summed E-state index contributed by atoms with van der Waals surface area (Å²) in [6.07, 6.45) is 3.14. The number of likely N-dealkylation sites (tertiary alicyclic amines) is 1. The first-order valence-electron chi connectivity index (χ1n) is 10.3. The van der Waals surface area contributed by atoms with Crippen molar-refractivity contribution in [2.45, 2.75) is 13.8 Å². The molecular weight excluding hydrogens is 396 g/mol. The fraction of sp³-hybridized carbons (Fsp3) is 0.429. The van der Waals surface area contributed by atoms with Crippen LogP contribution in [0, 0.1) is 25.7 Å². The molecule has 10 nitrogen and oxygen atoms in total. The first-order valence-corrected chi connectivity index (χ1v) is 10.3. The Morgan fingerprint density at radius 3 is 2.39 bits per heavy atom. The van der Waals surface area contributed by atoms with E-state index in [2.05, 4.69) is 35.3 Å². The molecule has 0 aliphatic carbocycles. The van der Waals surface area contributed by atoms with Crippen LogP contribution in [0.5, 0.6) is 5.75 Å². The second kappa shape index (κ2) is 7.60. The minimum atomic E-state index is -0.0933. The van der Waals surface area contributed by atoms with E-state index in [1.54, 1.807) is 25.6 Å². The molecule has 31 heavy (non-hydrogen) atoms. The number of hydrogen-bond acceptors (Lipinski definition) is 8. The van der Waals surface area contributed by atoms with Crippen LogP contribution in [0.15, 0.2) is 24.5 Å². The van der Waals surface area contributed by atoms with Crippen molar-refractivity contribution in [3.63, 3.8) is 0 Å². The molecule has 0 aromatic carbocycles. The third-order valence-electron chi connectivity index (χ3n) is 6.02. The van der Waals surface area contributed by atoms with Crippen LogP contribution in [0.4, 0.5) is 5.95 Å². The number of methoxy groups -OCH3 is 1. The number of nitrogens with zero attached hydrogens (tertiary/aromatic N) is 7. The second-order valence-corrected chi connectivity index (χ2v) is 8.21. The third-order valence-corrected chi connectivity index (χ3v) is 6.02. The van der Waals surface area contributed by atoms with Crippen molar-refractivity contribution >= 4 is 11.9 Å². The molecule has 2 saturated heterocycles. The topological polar surface area (TPSA) is 113 Å². The summed E-state index contributed by atoms with van der Waals surface area (Å²) < 4.78 is 5.28. The standard InChI is InChI=1S/C21H24N8O2/c1-12-4-13(2)25-21(24-12)29-10-14-8-28(9-15(14)11-29)20(30)19-17(18-7-23-27-26-18)5-16(31-3)6-22-19/h4-7,14-15H,8-11H2,1-3H3,(H,23,26,27). The van der Waals surface area contributed by atoms with E-state index in [9.17, 15) is 4.79 Å². The number of amides is 1. The minimum absolute atomic E-state index is 0.0933. The number of rotatable bonds is 4. The van der Waals surface area contributed by atoms with Gasteiger partial charge in [-0.25, -0.2) is 15.0 Å². The molecule has 0 bridgehead atoms. The Hall–Kier alpha value is -3.56. The highest BCUT2D eigenvalue weighted by atomic mass is 16.5. The summed E-state index contributed by atoms with van der Waals surface area (Å²) in [4.78, 5) is 31.1. The Kier molecular flexibility index (Phi) is 4.76. The van der Waals surface area contributed by atoms with Gasteiger partial charge in [-0.2, -0.15) is 15.4 Å². The molecule has 0 radical (unpaired) electrons.